The molecule has 2 atom stereocenters. The number of rotatable bonds is 6. The number of aromatic nitrogens is 2. The van der Waals surface area contributed by atoms with Crippen molar-refractivity contribution in [2.75, 3.05) is 18.0 Å². The monoisotopic (exact) mass is 399 g/mol. The molecule has 0 bridgehead atoms. The minimum atomic E-state index is -0.464. The van der Waals surface area contributed by atoms with Crippen molar-refractivity contribution in [3.8, 4) is 11.8 Å². The first-order chi connectivity index (χ1) is 13.9. The largest absolute Gasteiger partial charge is 0.484 e. The van der Waals surface area contributed by atoms with E-state index in [-0.39, 0.29) is 30.0 Å². The standard InChI is InChI=1S/C21H26FN5O2/c1-3-14(2)29-19-11-25-21(26-8-4-5-18(24)13-26)27(20(19)28)12-16-9-17(22)7-6-15(16)10-23/h6-7,9,11,14,18H,3-5,8,12-13,24H2,1-2H3/t14?,18-/m1/s1. The number of nitrogens with two attached hydrogens (primary N) is 1. The molecule has 8 heteroatoms. The van der Waals surface area contributed by atoms with Crippen LogP contribution in [0.2, 0.25) is 0 Å². The summed E-state index contributed by atoms with van der Waals surface area (Å²) in [6.07, 6.45) is 3.85. The molecule has 7 nitrogen and oxygen atoms in total. The van der Waals surface area contributed by atoms with Crippen molar-refractivity contribution in [3.63, 3.8) is 0 Å². The predicted molar refractivity (Wildman–Crippen MR) is 109 cm³/mol. The first-order valence-corrected chi connectivity index (χ1v) is 9.88. The Bertz CT molecular complexity index is 969. The first kappa shape index (κ1) is 20.8. The zero-order valence-corrected chi connectivity index (χ0v) is 16.8. The summed E-state index contributed by atoms with van der Waals surface area (Å²) in [7, 11) is 0. The molecule has 1 aromatic carbocycles. The second kappa shape index (κ2) is 9.05. The van der Waals surface area contributed by atoms with Crippen LogP contribution in [0.3, 0.4) is 0 Å². The number of piperidine rings is 1. The number of halogens is 1. The van der Waals surface area contributed by atoms with Crippen LogP contribution in [0.4, 0.5) is 10.3 Å². The van der Waals surface area contributed by atoms with Crippen LogP contribution in [0.25, 0.3) is 0 Å². The lowest BCUT2D eigenvalue weighted by Gasteiger charge is -2.33. The molecule has 1 fully saturated rings. The minimum absolute atomic E-state index is 0.00557. The van der Waals surface area contributed by atoms with Gasteiger partial charge in [0.25, 0.3) is 5.56 Å². The minimum Gasteiger partial charge on any atom is -0.484 e. The molecule has 0 radical (unpaired) electrons. The van der Waals surface area contributed by atoms with E-state index < -0.39 is 5.82 Å². The van der Waals surface area contributed by atoms with E-state index in [1.165, 1.54) is 29.0 Å². The van der Waals surface area contributed by atoms with E-state index in [0.717, 1.165) is 25.8 Å². The predicted octanol–water partition coefficient (Wildman–Crippen LogP) is 2.41. The molecule has 2 aromatic rings. The lowest BCUT2D eigenvalue weighted by Crippen LogP contribution is -2.45. The molecule has 1 saturated heterocycles. The fraction of sp³-hybridized carbons (Fsp3) is 0.476. The van der Waals surface area contributed by atoms with Gasteiger partial charge in [-0.25, -0.2) is 9.37 Å². The van der Waals surface area contributed by atoms with E-state index in [1.54, 1.807) is 0 Å². The third-order valence-corrected chi connectivity index (χ3v) is 5.15. The molecule has 1 unspecified atom stereocenters. The molecule has 0 saturated carbocycles. The molecule has 0 amide bonds. The Morgan fingerprint density at radius 1 is 1.48 bits per heavy atom. The van der Waals surface area contributed by atoms with Crippen molar-refractivity contribution in [2.45, 2.75) is 51.8 Å². The van der Waals surface area contributed by atoms with E-state index in [9.17, 15) is 14.4 Å². The maximum absolute atomic E-state index is 13.8. The Labute approximate surface area is 169 Å². The normalized spacial score (nSPS) is 17.6. The van der Waals surface area contributed by atoms with Crippen LogP contribution in [0.15, 0.2) is 29.2 Å². The van der Waals surface area contributed by atoms with Gasteiger partial charge < -0.3 is 15.4 Å². The first-order valence-electron chi connectivity index (χ1n) is 9.88. The van der Waals surface area contributed by atoms with Gasteiger partial charge in [-0.15, -0.1) is 0 Å². The number of benzene rings is 1. The topological polar surface area (TPSA) is 97.2 Å². The zero-order chi connectivity index (χ0) is 21.0. The third kappa shape index (κ3) is 4.74. The SMILES string of the molecule is CCC(C)Oc1cnc(N2CCC[C@@H](N)C2)n(Cc2cc(F)ccc2C#N)c1=O. The molecule has 1 aromatic heterocycles. The Morgan fingerprint density at radius 2 is 2.28 bits per heavy atom. The summed E-state index contributed by atoms with van der Waals surface area (Å²) in [5, 5.41) is 9.39. The number of hydrogen-bond donors (Lipinski definition) is 1. The molecule has 0 aliphatic carbocycles. The van der Waals surface area contributed by atoms with Crippen LogP contribution < -0.4 is 20.9 Å². The number of nitriles is 1. The Morgan fingerprint density at radius 3 is 2.97 bits per heavy atom. The van der Waals surface area contributed by atoms with Gasteiger partial charge in [-0.1, -0.05) is 6.92 Å². The van der Waals surface area contributed by atoms with Crippen molar-refractivity contribution in [1.29, 1.82) is 5.26 Å². The fourth-order valence-electron chi connectivity index (χ4n) is 3.41. The van der Waals surface area contributed by atoms with Crippen LogP contribution >= 0.6 is 0 Å². The van der Waals surface area contributed by atoms with E-state index in [2.05, 4.69) is 11.1 Å². The Balaban J connectivity index is 2.08. The van der Waals surface area contributed by atoms with Crippen LogP contribution in [0.1, 0.15) is 44.2 Å². The summed E-state index contributed by atoms with van der Waals surface area (Å²) >= 11 is 0. The molecule has 2 N–H and O–H groups in total. The highest BCUT2D eigenvalue weighted by Crippen LogP contribution is 2.21. The highest BCUT2D eigenvalue weighted by Gasteiger charge is 2.23. The second-order valence-corrected chi connectivity index (χ2v) is 7.41. The van der Waals surface area contributed by atoms with Crippen LogP contribution in [0, 0.1) is 17.1 Å². The molecular weight excluding hydrogens is 373 g/mol. The molecule has 154 valence electrons. The quantitative estimate of drug-likeness (QED) is 0.801. The molecule has 1 aliphatic heterocycles. The van der Waals surface area contributed by atoms with Crippen molar-refractivity contribution in [3.05, 3.63) is 51.7 Å². The highest BCUT2D eigenvalue weighted by atomic mass is 19.1. The smallest absolute Gasteiger partial charge is 0.297 e. The summed E-state index contributed by atoms with van der Waals surface area (Å²) < 4.78 is 21.0. The number of anilines is 1. The summed E-state index contributed by atoms with van der Waals surface area (Å²) in [5.41, 5.74) is 6.48. The van der Waals surface area contributed by atoms with Crippen molar-refractivity contribution < 1.29 is 9.13 Å². The lowest BCUT2D eigenvalue weighted by molar-refractivity contribution is 0.212. The Kier molecular flexibility index (Phi) is 6.49. The lowest BCUT2D eigenvalue weighted by atomic mass is 10.1. The summed E-state index contributed by atoms with van der Waals surface area (Å²) in [6.45, 7) is 5.16. The molecular formula is C21H26FN5O2. The van der Waals surface area contributed by atoms with Crippen LogP contribution in [-0.4, -0.2) is 34.8 Å². The van der Waals surface area contributed by atoms with Gasteiger partial charge in [-0.3, -0.25) is 9.36 Å². The molecule has 3 rings (SSSR count). The third-order valence-electron chi connectivity index (χ3n) is 5.15. The maximum Gasteiger partial charge on any atom is 0.297 e. The number of hydrogen-bond acceptors (Lipinski definition) is 6. The van der Waals surface area contributed by atoms with Gasteiger partial charge in [0.15, 0.2) is 0 Å². The van der Waals surface area contributed by atoms with Crippen molar-refractivity contribution >= 4 is 5.95 Å². The van der Waals surface area contributed by atoms with E-state index in [0.29, 0.717) is 23.6 Å². The zero-order valence-electron chi connectivity index (χ0n) is 16.8. The van der Waals surface area contributed by atoms with Gasteiger partial charge in [0.05, 0.1) is 30.5 Å². The Hall–Kier alpha value is -2.92. The van der Waals surface area contributed by atoms with Crippen molar-refractivity contribution in [1.82, 2.24) is 9.55 Å². The van der Waals surface area contributed by atoms with Gasteiger partial charge in [0.2, 0.25) is 11.7 Å². The van der Waals surface area contributed by atoms with Crippen molar-refractivity contribution in [2.24, 2.45) is 5.73 Å². The maximum atomic E-state index is 13.8. The highest BCUT2D eigenvalue weighted by molar-refractivity contribution is 5.41. The molecule has 2 heterocycles. The van der Waals surface area contributed by atoms with Gasteiger partial charge in [0.1, 0.15) is 5.82 Å². The average molecular weight is 399 g/mol. The van der Waals surface area contributed by atoms with Gasteiger partial charge >= 0.3 is 0 Å². The van der Waals surface area contributed by atoms with Gasteiger partial charge in [-0.05, 0) is 49.9 Å². The molecule has 29 heavy (non-hydrogen) atoms. The van der Waals surface area contributed by atoms with E-state index >= 15 is 0 Å². The summed E-state index contributed by atoms with van der Waals surface area (Å²) in [6, 6.07) is 5.98. The summed E-state index contributed by atoms with van der Waals surface area (Å²) in [4.78, 5) is 19.7. The molecule has 1 aliphatic rings. The van der Waals surface area contributed by atoms with E-state index in [4.69, 9.17) is 10.5 Å². The van der Waals surface area contributed by atoms with Crippen LogP contribution in [-0.2, 0) is 6.54 Å². The van der Waals surface area contributed by atoms with Gasteiger partial charge in [0, 0.05) is 19.1 Å². The average Bonchev–Trinajstić information content (AvgIpc) is 2.71. The molecule has 0 spiro atoms. The summed E-state index contributed by atoms with van der Waals surface area (Å²) in [5.74, 6) is 0.127. The second-order valence-electron chi connectivity index (χ2n) is 7.41. The number of ether oxygens (including phenoxy) is 1. The fourth-order valence-corrected chi connectivity index (χ4v) is 3.41. The van der Waals surface area contributed by atoms with E-state index in [1.807, 2.05) is 18.7 Å². The van der Waals surface area contributed by atoms with Gasteiger partial charge in [-0.2, -0.15) is 5.26 Å². The number of nitrogens with zero attached hydrogens (tertiary/aromatic N) is 4. The van der Waals surface area contributed by atoms with Crippen LogP contribution in [0.5, 0.6) is 5.75 Å².